The summed E-state index contributed by atoms with van der Waals surface area (Å²) in [6.07, 6.45) is 0.482. The summed E-state index contributed by atoms with van der Waals surface area (Å²) in [4.78, 5) is 14.4. The summed E-state index contributed by atoms with van der Waals surface area (Å²) in [5, 5.41) is 0. The highest BCUT2D eigenvalue weighted by Crippen LogP contribution is 2.46. The lowest BCUT2D eigenvalue weighted by Crippen LogP contribution is -2.51. The first-order chi connectivity index (χ1) is 17.2. The van der Waals surface area contributed by atoms with E-state index in [4.69, 9.17) is 4.74 Å². The molecule has 0 spiro atoms. The van der Waals surface area contributed by atoms with Crippen LogP contribution in [0.25, 0.3) is 0 Å². The lowest BCUT2D eigenvalue weighted by Gasteiger charge is -2.43. The quantitative estimate of drug-likeness (QED) is 0.363. The van der Waals surface area contributed by atoms with Gasteiger partial charge in [-0.1, -0.05) is 61.9 Å². The molecule has 1 aliphatic rings. The van der Waals surface area contributed by atoms with Crippen molar-refractivity contribution in [2.45, 2.75) is 48.5 Å². The van der Waals surface area contributed by atoms with Gasteiger partial charge in [-0.15, -0.1) is 0 Å². The number of benzene rings is 3. The van der Waals surface area contributed by atoms with Gasteiger partial charge in [-0.3, -0.25) is 4.79 Å². The van der Waals surface area contributed by atoms with Crippen molar-refractivity contribution in [3.05, 3.63) is 90.5 Å². The third kappa shape index (κ3) is 5.25. The van der Waals surface area contributed by atoms with Gasteiger partial charge in [-0.05, 0) is 55.7 Å². The normalized spacial score (nSPS) is 17.2. The second-order valence-electron chi connectivity index (χ2n) is 9.14. The van der Waals surface area contributed by atoms with Gasteiger partial charge < -0.3 is 4.74 Å². The van der Waals surface area contributed by atoms with Crippen molar-refractivity contribution in [2.75, 3.05) is 11.5 Å². The van der Waals surface area contributed by atoms with Crippen molar-refractivity contribution in [1.82, 2.24) is 0 Å². The van der Waals surface area contributed by atoms with Crippen LogP contribution in [0.5, 0.6) is 5.75 Å². The van der Waals surface area contributed by atoms with Gasteiger partial charge in [0.25, 0.3) is 0 Å². The van der Waals surface area contributed by atoms with Gasteiger partial charge in [0.05, 0.1) is 32.3 Å². The maximum absolute atomic E-state index is 14.1. The van der Waals surface area contributed by atoms with Crippen LogP contribution in [0.2, 0.25) is 0 Å². The van der Waals surface area contributed by atoms with E-state index in [0.717, 1.165) is 0 Å². The van der Waals surface area contributed by atoms with Gasteiger partial charge in [0, 0.05) is 0 Å². The zero-order valence-corrected chi connectivity index (χ0v) is 21.8. The van der Waals surface area contributed by atoms with Gasteiger partial charge in [0.1, 0.15) is 11.9 Å². The Bertz CT molecular complexity index is 1340. The molecule has 190 valence electrons. The highest BCUT2D eigenvalue weighted by molar-refractivity contribution is 7.91. The zero-order chi connectivity index (χ0) is 25.8. The topological polar surface area (TPSA) is 94.6 Å². The van der Waals surface area contributed by atoms with Gasteiger partial charge in [0.2, 0.25) is 0 Å². The molecule has 3 aromatic carbocycles. The van der Waals surface area contributed by atoms with E-state index in [2.05, 4.69) is 0 Å². The van der Waals surface area contributed by atoms with Crippen molar-refractivity contribution < 1.29 is 26.4 Å². The summed E-state index contributed by atoms with van der Waals surface area (Å²) in [6, 6.07) is 23.1. The highest BCUT2D eigenvalue weighted by atomic mass is 32.2. The number of fused-ring (bicyclic) bond motifs is 1. The molecule has 0 radical (unpaired) electrons. The van der Waals surface area contributed by atoms with E-state index < -0.39 is 31.2 Å². The van der Waals surface area contributed by atoms with Crippen LogP contribution in [0.1, 0.15) is 43.0 Å². The van der Waals surface area contributed by atoms with Crippen molar-refractivity contribution in [3.63, 3.8) is 0 Å². The second-order valence-corrected chi connectivity index (χ2v) is 13.4. The molecule has 0 aromatic heterocycles. The Hall–Kier alpha value is -2.97. The molecule has 0 aliphatic carbocycles. The van der Waals surface area contributed by atoms with Crippen LogP contribution in [-0.4, -0.2) is 40.2 Å². The Labute approximate surface area is 213 Å². The molecule has 1 heterocycles. The lowest BCUT2D eigenvalue weighted by atomic mass is 9.68. The van der Waals surface area contributed by atoms with Crippen LogP contribution in [0.15, 0.2) is 94.7 Å². The molecule has 0 bridgehead atoms. The average Bonchev–Trinajstić information content (AvgIpc) is 2.89. The number of Topliss-reactive ketones (excluding diaryl/α,β-unsaturated/α-hetero) is 1. The molecule has 8 heteroatoms. The lowest BCUT2D eigenvalue weighted by molar-refractivity contribution is 0.0181. The summed E-state index contributed by atoms with van der Waals surface area (Å²) in [7, 11) is -7.40. The summed E-state index contributed by atoms with van der Waals surface area (Å²) < 4.78 is 59.0. The van der Waals surface area contributed by atoms with Crippen LogP contribution in [0.4, 0.5) is 0 Å². The van der Waals surface area contributed by atoms with E-state index in [1.807, 2.05) is 6.92 Å². The number of sulfone groups is 2. The van der Waals surface area contributed by atoms with Gasteiger partial charge in [-0.2, -0.15) is 0 Å². The van der Waals surface area contributed by atoms with Crippen LogP contribution in [0, 0.1) is 5.41 Å². The van der Waals surface area contributed by atoms with Crippen LogP contribution < -0.4 is 4.74 Å². The van der Waals surface area contributed by atoms with E-state index in [1.165, 1.54) is 24.3 Å². The fourth-order valence-corrected chi connectivity index (χ4v) is 7.71. The zero-order valence-electron chi connectivity index (χ0n) is 20.2. The Morgan fingerprint density at radius 3 is 1.69 bits per heavy atom. The largest absolute Gasteiger partial charge is 0.489 e. The van der Waals surface area contributed by atoms with E-state index in [-0.39, 0.29) is 39.9 Å². The van der Waals surface area contributed by atoms with Crippen LogP contribution >= 0.6 is 0 Å². The monoisotopic (exact) mass is 526 g/mol. The SMILES string of the molecule is CCCC1Oc2ccccc2C(=O)C1(CCS(=O)(=O)c1ccccc1)CCS(=O)(=O)c1ccccc1. The van der Waals surface area contributed by atoms with Crippen molar-refractivity contribution >= 4 is 25.5 Å². The predicted octanol–water partition coefficient (Wildman–Crippen LogP) is 5.14. The number of para-hydroxylation sites is 1. The summed E-state index contributed by atoms with van der Waals surface area (Å²) >= 11 is 0. The molecule has 3 aromatic rings. The number of ketones is 1. The second kappa shape index (κ2) is 10.6. The molecule has 1 aliphatic heterocycles. The molecule has 0 fully saturated rings. The smallest absolute Gasteiger partial charge is 0.178 e. The molecule has 0 saturated carbocycles. The first kappa shape index (κ1) is 26.1. The predicted molar refractivity (Wildman–Crippen MR) is 139 cm³/mol. The first-order valence-corrected chi connectivity index (χ1v) is 15.4. The fourth-order valence-electron chi connectivity index (χ4n) is 4.83. The Balaban J connectivity index is 1.74. The number of hydrogen-bond acceptors (Lipinski definition) is 6. The molecule has 0 saturated heterocycles. The summed E-state index contributed by atoms with van der Waals surface area (Å²) in [5.74, 6) is -0.387. The van der Waals surface area contributed by atoms with E-state index in [1.54, 1.807) is 60.7 Å². The third-order valence-electron chi connectivity index (χ3n) is 6.86. The number of ether oxygens (including phenoxy) is 1. The molecule has 1 unspecified atom stereocenters. The molecule has 36 heavy (non-hydrogen) atoms. The molecule has 0 amide bonds. The van der Waals surface area contributed by atoms with E-state index >= 15 is 0 Å². The Morgan fingerprint density at radius 2 is 1.19 bits per heavy atom. The number of rotatable bonds is 10. The highest BCUT2D eigenvalue weighted by Gasteiger charge is 2.51. The maximum Gasteiger partial charge on any atom is 0.178 e. The summed E-state index contributed by atoms with van der Waals surface area (Å²) in [5.41, 5.74) is -0.937. The van der Waals surface area contributed by atoms with Crippen LogP contribution in [-0.2, 0) is 19.7 Å². The maximum atomic E-state index is 14.1. The number of carbonyl (C=O) groups excluding carboxylic acids is 1. The van der Waals surface area contributed by atoms with Gasteiger partial charge >= 0.3 is 0 Å². The van der Waals surface area contributed by atoms with E-state index in [9.17, 15) is 21.6 Å². The third-order valence-corrected chi connectivity index (χ3v) is 10.3. The van der Waals surface area contributed by atoms with Crippen molar-refractivity contribution in [3.8, 4) is 5.75 Å². The Kier molecular flexibility index (Phi) is 7.66. The molecule has 1 atom stereocenters. The summed E-state index contributed by atoms with van der Waals surface area (Å²) in [6.45, 7) is 1.96. The average molecular weight is 527 g/mol. The van der Waals surface area contributed by atoms with Crippen LogP contribution in [0.3, 0.4) is 0 Å². The molecule has 0 N–H and O–H groups in total. The molecule has 6 nitrogen and oxygen atoms in total. The van der Waals surface area contributed by atoms with E-state index in [0.29, 0.717) is 24.2 Å². The van der Waals surface area contributed by atoms with Crippen molar-refractivity contribution in [2.24, 2.45) is 5.41 Å². The molecular formula is C28H30O6S2. The number of carbonyl (C=O) groups is 1. The van der Waals surface area contributed by atoms with Gasteiger partial charge in [0.15, 0.2) is 25.5 Å². The van der Waals surface area contributed by atoms with Gasteiger partial charge in [-0.25, -0.2) is 16.8 Å². The standard InChI is InChI=1S/C28H30O6S2/c1-2-11-26-28(27(29)24-16-9-10-17-25(24)34-26,18-20-35(30,31)22-12-5-3-6-13-22)19-21-36(32,33)23-14-7-4-8-15-23/h3-10,12-17,26H,2,11,18-21H2,1H3. The molecule has 4 rings (SSSR count). The minimum Gasteiger partial charge on any atom is -0.489 e. The minimum atomic E-state index is -3.70. The molecular weight excluding hydrogens is 496 g/mol. The first-order valence-electron chi connectivity index (χ1n) is 12.1. The minimum absolute atomic E-state index is 0.0353. The number of hydrogen-bond donors (Lipinski definition) is 0. The van der Waals surface area contributed by atoms with Crippen molar-refractivity contribution in [1.29, 1.82) is 0 Å². The Morgan fingerprint density at radius 1 is 0.722 bits per heavy atom. The fraction of sp³-hybridized carbons (Fsp3) is 0.321.